The molecule has 3 aromatic heterocycles. The molecular formula is C68H42N4. The Morgan fingerprint density at radius 3 is 1.61 bits per heavy atom. The first-order valence-corrected chi connectivity index (χ1v) is 24.6. The molecule has 0 N–H and O–H groups in total. The molecule has 0 aliphatic carbocycles. The van der Waals surface area contributed by atoms with Gasteiger partial charge in [0.15, 0.2) is 0 Å². The van der Waals surface area contributed by atoms with E-state index in [9.17, 15) is 0 Å². The molecule has 12 aromatic carbocycles. The molecule has 334 valence electrons. The predicted octanol–water partition coefficient (Wildman–Crippen LogP) is 18.1. The minimum absolute atomic E-state index is 0.857. The van der Waals surface area contributed by atoms with E-state index in [1.165, 1.54) is 75.7 Å². The minimum atomic E-state index is 0.857. The average Bonchev–Trinajstić information content (AvgIpc) is 3.94. The first-order valence-electron chi connectivity index (χ1n) is 24.6. The van der Waals surface area contributed by atoms with E-state index in [1.54, 1.807) is 0 Å². The van der Waals surface area contributed by atoms with Crippen molar-refractivity contribution in [1.29, 1.82) is 0 Å². The summed E-state index contributed by atoms with van der Waals surface area (Å²) in [5.41, 5.74) is 13.6. The van der Waals surface area contributed by atoms with Crippen LogP contribution in [0.1, 0.15) is 5.56 Å². The summed E-state index contributed by atoms with van der Waals surface area (Å²) in [4.78, 5) is 10.8. The Kier molecular flexibility index (Phi) is 8.78. The van der Waals surface area contributed by atoms with Crippen molar-refractivity contribution in [2.24, 2.45) is 0 Å². The first-order chi connectivity index (χ1) is 35.6. The van der Waals surface area contributed by atoms with Crippen LogP contribution in [0, 0.1) is 0 Å². The van der Waals surface area contributed by atoms with Gasteiger partial charge >= 0.3 is 0 Å². The maximum Gasteiger partial charge on any atom is 0.0973 e. The topological polar surface area (TPSA) is 35.6 Å². The standard InChI is InChI=1S/C68H42N4/c1-2-3-15-42-28-34-64-57(36-42)55-23-10-13-26-63(55)71(64)48-31-35-65-59(41-48)58-38-43-16-4-5-17-44(43)40-66(58)72(65)62-27-14-18-45-37-46(29-32-49(45)62)67-68(70-61-25-12-11-24-60(61)69-67)47-30-33-54-52-21-7-6-19-50(52)51-20-8-9-22-53(51)56(54)39-47/h2-41H,1H2/b15-3-. The molecule has 15 rings (SSSR count). The summed E-state index contributed by atoms with van der Waals surface area (Å²) in [6.45, 7) is 3.89. The van der Waals surface area contributed by atoms with Crippen LogP contribution in [0.2, 0.25) is 0 Å². The van der Waals surface area contributed by atoms with E-state index in [0.29, 0.717) is 0 Å². The Hall–Kier alpha value is -9.64. The number of hydrogen-bond donors (Lipinski definition) is 0. The maximum atomic E-state index is 5.41. The van der Waals surface area contributed by atoms with Crippen LogP contribution in [-0.4, -0.2) is 19.1 Å². The van der Waals surface area contributed by atoms with Gasteiger partial charge in [-0.15, -0.1) is 0 Å². The van der Waals surface area contributed by atoms with Crippen molar-refractivity contribution >= 4 is 115 Å². The van der Waals surface area contributed by atoms with Gasteiger partial charge in [-0.3, -0.25) is 0 Å². The zero-order valence-electron chi connectivity index (χ0n) is 39.1. The minimum Gasteiger partial charge on any atom is -0.309 e. The average molecular weight is 915 g/mol. The van der Waals surface area contributed by atoms with Crippen molar-refractivity contribution in [3.8, 4) is 33.9 Å². The van der Waals surface area contributed by atoms with Gasteiger partial charge in [0.25, 0.3) is 0 Å². The molecule has 0 unspecified atom stereocenters. The summed E-state index contributed by atoms with van der Waals surface area (Å²) in [5.74, 6) is 0. The zero-order valence-corrected chi connectivity index (χ0v) is 39.1. The lowest BCUT2D eigenvalue weighted by Gasteiger charge is -2.15. The third kappa shape index (κ3) is 6.06. The van der Waals surface area contributed by atoms with Crippen molar-refractivity contribution in [2.45, 2.75) is 0 Å². The summed E-state index contributed by atoms with van der Waals surface area (Å²) in [6.07, 6.45) is 5.93. The Morgan fingerprint density at radius 2 is 0.875 bits per heavy atom. The molecule has 72 heavy (non-hydrogen) atoms. The molecule has 0 fully saturated rings. The summed E-state index contributed by atoms with van der Waals surface area (Å²) in [6, 6.07) is 81.9. The molecule has 0 saturated carbocycles. The van der Waals surface area contributed by atoms with E-state index in [4.69, 9.17) is 9.97 Å². The van der Waals surface area contributed by atoms with Crippen LogP contribution in [0.3, 0.4) is 0 Å². The van der Waals surface area contributed by atoms with Crippen molar-refractivity contribution in [1.82, 2.24) is 19.1 Å². The van der Waals surface area contributed by atoms with E-state index in [2.05, 4.69) is 234 Å². The normalized spacial score (nSPS) is 12.2. The Balaban J connectivity index is 0.924. The van der Waals surface area contributed by atoms with E-state index in [0.717, 1.165) is 72.3 Å². The van der Waals surface area contributed by atoms with Gasteiger partial charge in [0.1, 0.15) is 0 Å². The van der Waals surface area contributed by atoms with Crippen molar-refractivity contribution in [3.63, 3.8) is 0 Å². The molecule has 15 aromatic rings. The molecule has 0 atom stereocenters. The zero-order chi connectivity index (χ0) is 47.4. The molecule has 4 heteroatoms. The van der Waals surface area contributed by atoms with Gasteiger partial charge in [-0.05, 0) is 133 Å². The fourth-order valence-corrected chi connectivity index (χ4v) is 11.7. The van der Waals surface area contributed by atoms with Gasteiger partial charge in [0.2, 0.25) is 0 Å². The lowest BCUT2D eigenvalue weighted by Crippen LogP contribution is -1.98. The van der Waals surface area contributed by atoms with Gasteiger partial charge in [-0.25, -0.2) is 9.97 Å². The quantitative estimate of drug-likeness (QED) is 0.123. The van der Waals surface area contributed by atoms with Crippen molar-refractivity contribution in [3.05, 3.63) is 249 Å². The summed E-state index contributed by atoms with van der Waals surface area (Å²) >= 11 is 0. The number of benzene rings is 12. The van der Waals surface area contributed by atoms with Gasteiger partial charge in [-0.1, -0.05) is 170 Å². The third-order valence-corrected chi connectivity index (χ3v) is 15.0. The van der Waals surface area contributed by atoms with Crippen LogP contribution in [-0.2, 0) is 0 Å². The Morgan fingerprint density at radius 1 is 0.333 bits per heavy atom. The smallest absolute Gasteiger partial charge is 0.0973 e. The molecule has 0 aliphatic rings. The van der Waals surface area contributed by atoms with Crippen LogP contribution in [0.5, 0.6) is 0 Å². The maximum absolute atomic E-state index is 5.41. The van der Waals surface area contributed by atoms with Crippen LogP contribution >= 0.6 is 0 Å². The van der Waals surface area contributed by atoms with Gasteiger partial charge in [0, 0.05) is 43.7 Å². The first kappa shape index (κ1) is 40.3. The highest BCUT2D eigenvalue weighted by Crippen LogP contribution is 2.43. The SMILES string of the molecule is C=C/C=C\c1ccc2c(c1)c1ccccc1n2-c1ccc2c(c1)c1cc3ccccc3cc1n2-c1cccc2cc(-c3nc4ccccc4nc3-c3ccc4c5ccccc5c5ccccc5c4c3)ccc12. The van der Waals surface area contributed by atoms with Crippen LogP contribution in [0.25, 0.3) is 148 Å². The highest BCUT2D eigenvalue weighted by molar-refractivity contribution is 6.26. The molecule has 4 nitrogen and oxygen atoms in total. The number of para-hydroxylation sites is 3. The van der Waals surface area contributed by atoms with E-state index < -0.39 is 0 Å². The number of fused-ring (bicyclic) bond motifs is 15. The second kappa shape index (κ2) is 15.7. The summed E-state index contributed by atoms with van der Waals surface area (Å²) in [5, 5.41) is 17.0. The lowest BCUT2D eigenvalue weighted by atomic mass is 9.92. The fraction of sp³-hybridized carbons (Fsp3) is 0. The van der Waals surface area contributed by atoms with Gasteiger partial charge in [0.05, 0.1) is 50.2 Å². The lowest BCUT2D eigenvalue weighted by molar-refractivity contribution is 1.17. The molecular weight excluding hydrogens is 873 g/mol. The molecule has 0 radical (unpaired) electrons. The summed E-state index contributed by atoms with van der Waals surface area (Å²) < 4.78 is 4.89. The second-order valence-electron chi connectivity index (χ2n) is 19.0. The van der Waals surface area contributed by atoms with Gasteiger partial charge in [-0.2, -0.15) is 0 Å². The molecule has 0 aliphatic heterocycles. The molecule has 0 spiro atoms. The highest BCUT2D eigenvalue weighted by Gasteiger charge is 2.21. The molecule has 0 bridgehead atoms. The third-order valence-electron chi connectivity index (χ3n) is 15.0. The largest absolute Gasteiger partial charge is 0.309 e. The van der Waals surface area contributed by atoms with E-state index >= 15 is 0 Å². The fourth-order valence-electron chi connectivity index (χ4n) is 11.7. The van der Waals surface area contributed by atoms with Crippen LogP contribution < -0.4 is 0 Å². The number of nitrogens with zero attached hydrogens (tertiary/aromatic N) is 4. The number of rotatable bonds is 6. The Labute approximate surface area is 414 Å². The Bertz CT molecular complexity index is 4800. The summed E-state index contributed by atoms with van der Waals surface area (Å²) in [7, 11) is 0. The number of hydrogen-bond acceptors (Lipinski definition) is 2. The second-order valence-corrected chi connectivity index (χ2v) is 19.0. The number of allylic oxidation sites excluding steroid dienone is 2. The molecule has 3 heterocycles. The van der Waals surface area contributed by atoms with E-state index in [1.807, 2.05) is 24.3 Å². The van der Waals surface area contributed by atoms with Crippen LogP contribution in [0.4, 0.5) is 0 Å². The van der Waals surface area contributed by atoms with Crippen LogP contribution in [0.15, 0.2) is 243 Å². The van der Waals surface area contributed by atoms with Crippen molar-refractivity contribution in [2.75, 3.05) is 0 Å². The molecule has 0 amide bonds. The highest BCUT2D eigenvalue weighted by atomic mass is 15.0. The van der Waals surface area contributed by atoms with Crippen molar-refractivity contribution < 1.29 is 0 Å². The number of aromatic nitrogens is 4. The molecule has 0 saturated heterocycles. The van der Waals surface area contributed by atoms with Gasteiger partial charge < -0.3 is 9.13 Å². The predicted molar refractivity (Wildman–Crippen MR) is 306 cm³/mol. The monoisotopic (exact) mass is 914 g/mol. The van der Waals surface area contributed by atoms with E-state index in [-0.39, 0.29) is 0 Å².